The molecule has 2 unspecified atom stereocenters. The van der Waals surface area contributed by atoms with E-state index in [2.05, 4.69) is 12.6 Å². The van der Waals surface area contributed by atoms with Gasteiger partial charge in [-0.05, 0) is 13.3 Å². The SMILES string of the molecule is CC[C@@H](O)[C@H](C)C(O)C(C)C(=O)[C@H](C)C(=O)S. The van der Waals surface area contributed by atoms with Crippen molar-refractivity contribution in [2.45, 2.75) is 46.3 Å². The lowest BCUT2D eigenvalue weighted by atomic mass is 9.83. The summed E-state index contributed by atoms with van der Waals surface area (Å²) in [5.74, 6) is -2.25. The first-order chi connectivity index (χ1) is 7.73. The van der Waals surface area contributed by atoms with Gasteiger partial charge in [0, 0.05) is 11.8 Å². The number of rotatable bonds is 7. The van der Waals surface area contributed by atoms with Gasteiger partial charge in [0.05, 0.1) is 18.1 Å². The van der Waals surface area contributed by atoms with E-state index >= 15 is 0 Å². The van der Waals surface area contributed by atoms with Crippen LogP contribution in [0.3, 0.4) is 0 Å². The van der Waals surface area contributed by atoms with E-state index in [1.165, 1.54) is 6.92 Å². The molecule has 0 heterocycles. The molecule has 2 N–H and O–H groups in total. The van der Waals surface area contributed by atoms with Crippen LogP contribution in [0.15, 0.2) is 0 Å². The maximum absolute atomic E-state index is 11.8. The van der Waals surface area contributed by atoms with Crippen LogP contribution in [0.4, 0.5) is 0 Å². The normalized spacial score (nSPS) is 20.2. The fourth-order valence-corrected chi connectivity index (χ4v) is 1.87. The Bertz CT molecular complexity index is 280. The average Bonchev–Trinajstić information content (AvgIpc) is 2.32. The van der Waals surface area contributed by atoms with Crippen molar-refractivity contribution in [3.05, 3.63) is 0 Å². The number of aliphatic hydroxyl groups excluding tert-OH is 2. The van der Waals surface area contributed by atoms with Gasteiger partial charge in [-0.1, -0.05) is 20.8 Å². The third kappa shape index (κ3) is 4.41. The van der Waals surface area contributed by atoms with Crippen molar-refractivity contribution < 1.29 is 19.8 Å². The fourth-order valence-electron chi connectivity index (χ4n) is 1.74. The maximum atomic E-state index is 11.8. The van der Waals surface area contributed by atoms with Crippen molar-refractivity contribution in [2.24, 2.45) is 17.8 Å². The second kappa shape index (κ2) is 7.13. The molecule has 0 fully saturated rings. The molecule has 100 valence electrons. The van der Waals surface area contributed by atoms with E-state index in [1.54, 1.807) is 20.8 Å². The molecule has 0 aromatic heterocycles. The Hall–Kier alpha value is -0.390. The van der Waals surface area contributed by atoms with E-state index in [1.807, 2.05) is 0 Å². The van der Waals surface area contributed by atoms with Crippen molar-refractivity contribution in [3.63, 3.8) is 0 Å². The first kappa shape index (κ1) is 16.6. The van der Waals surface area contributed by atoms with Gasteiger partial charge in [-0.25, -0.2) is 0 Å². The summed E-state index contributed by atoms with van der Waals surface area (Å²) >= 11 is 3.62. The van der Waals surface area contributed by atoms with E-state index in [4.69, 9.17) is 0 Å². The van der Waals surface area contributed by atoms with E-state index in [-0.39, 0.29) is 5.78 Å². The predicted octanol–water partition coefficient (Wildman–Crippen LogP) is 1.05. The molecule has 0 aromatic carbocycles. The zero-order valence-corrected chi connectivity index (χ0v) is 11.6. The summed E-state index contributed by atoms with van der Waals surface area (Å²) in [4.78, 5) is 22.8. The Morgan fingerprint density at radius 3 is 2.00 bits per heavy atom. The highest BCUT2D eigenvalue weighted by Gasteiger charge is 2.33. The molecule has 0 aliphatic carbocycles. The second-order valence-corrected chi connectivity index (χ2v) is 5.02. The topological polar surface area (TPSA) is 74.6 Å². The molecule has 4 nitrogen and oxygen atoms in total. The van der Waals surface area contributed by atoms with Gasteiger partial charge in [-0.3, -0.25) is 9.59 Å². The van der Waals surface area contributed by atoms with Crippen LogP contribution in [-0.2, 0) is 9.59 Å². The van der Waals surface area contributed by atoms with Gasteiger partial charge < -0.3 is 10.2 Å². The Balaban J connectivity index is 4.64. The van der Waals surface area contributed by atoms with E-state index in [0.717, 1.165) is 0 Å². The molecule has 0 spiro atoms. The van der Waals surface area contributed by atoms with Crippen LogP contribution in [0, 0.1) is 17.8 Å². The standard InChI is InChI=1S/C12H22O4S/c1-5-9(13)6(2)10(14)7(3)11(15)8(4)12(16)17/h6-10,13-14H,5H2,1-4H3,(H,16,17)/t6-,7?,8-,9+,10?/m0/s1. The van der Waals surface area contributed by atoms with Crippen LogP contribution in [0.1, 0.15) is 34.1 Å². The molecule has 5 heteroatoms. The molecular weight excluding hydrogens is 240 g/mol. The molecule has 0 radical (unpaired) electrons. The number of carbonyl (C=O) groups excluding carboxylic acids is 2. The molecule has 0 saturated carbocycles. The third-order valence-corrected chi connectivity index (χ3v) is 3.71. The number of hydrogen-bond acceptors (Lipinski definition) is 4. The van der Waals surface area contributed by atoms with Gasteiger partial charge in [0.15, 0.2) is 5.12 Å². The van der Waals surface area contributed by atoms with Crippen LogP contribution in [0.2, 0.25) is 0 Å². The molecule has 0 aliphatic rings. The van der Waals surface area contributed by atoms with Gasteiger partial charge in [-0.15, -0.1) is 12.6 Å². The summed E-state index contributed by atoms with van der Waals surface area (Å²) in [6.07, 6.45) is -1.09. The van der Waals surface area contributed by atoms with Crippen LogP contribution < -0.4 is 0 Å². The maximum Gasteiger partial charge on any atom is 0.196 e. The van der Waals surface area contributed by atoms with Crippen molar-refractivity contribution in [1.82, 2.24) is 0 Å². The lowest BCUT2D eigenvalue weighted by molar-refractivity contribution is -0.135. The largest absolute Gasteiger partial charge is 0.393 e. The highest BCUT2D eigenvalue weighted by atomic mass is 32.1. The van der Waals surface area contributed by atoms with Crippen LogP contribution >= 0.6 is 12.6 Å². The third-order valence-electron chi connectivity index (χ3n) is 3.32. The zero-order valence-electron chi connectivity index (χ0n) is 10.8. The highest BCUT2D eigenvalue weighted by molar-refractivity contribution is 7.96. The smallest absolute Gasteiger partial charge is 0.196 e. The molecule has 0 amide bonds. The number of aliphatic hydroxyl groups is 2. The van der Waals surface area contributed by atoms with Gasteiger partial charge in [0.2, 0.25) is 0 Å². The van der Waals surface area contributed by atoms with E-state index in [9.17, 15) is 19.8 Å². The van der Waals surface area contributed by atoms with E-state index < -0.39 is 35.1 Å². The summed E-state index contributed by atoms with van der Waals surface area (Å²) in [5.41, 5.74) is 0. The average molecular weight is 262 g/mol. The Morgan fingerprint density at radius 2 is 1.65 bits per heavy atom. The van der Waals surface area contributed by atoms with Crippen molar-refractivity contribution >= 4 is 23.5 Å². The highest BCUT2D eigenvalue weighted by Crippen LogP contribution is 2.22. The van der Waals surface area contributed by atoms with Crippen LogP contribution in [-0.4, -0.2) is 33.3 Å². The molecule has 0 aromatic rings. The second-order valence-electron chi connectivity index (χ2n) is 4.58. The van der Waals surface area contributed by atoms with Crippen molar-refractivity contribution in [1.29, 1.82) is 0 Å². The Morgan fingerprint density at radius 1 is 1.18 bits per heavy atom. The molecule has 17 heavy (non-hydrogen) atoms. The first-order valence-corrected chi connectivity index (χ1v) is 6.31. The number of Topliss-reactive ketones (excluding diaryl/α,β-unsaturated/α-hetero) is 1. The van der Waals surface area contributed by atoms with Gasteiger partial charge in [0.1, 0.15) is 5.78 Å². The quantitative estimate of drug-likeness (QED) is 0.473. The minimum Gasteiger partial charge on any atom is -0.393 e. The van der Waals surface area contributed by atoms with Gasteiger partial charge in [-0.2, -0.15) is 0 Å². The molecular formula is C12H22O4S. The summed E-state index contributed by atoms with van der Waals surface area (Å²) < 4.78 is 0. The van der Waals surface area contributed by atoms with Crippen LogP contribution in [0.25, 0.3) is 0 Å². The van der Waals surface area contributed by atoms with Crippen molar-refractivity contribution in [3.8, 4) is 0 Å². The van der Waals surface area contributed by atoms with Gasteiger partial charge >= 0.3 is 0 Å². The van der Waals surface area contributed by atoms with Gasteiger partial charge in [0.25, 0.3) is 0 Å². The summed E-state index contributed by atoms with van der Waals surface area (Å²) in [6.45, 7) is 6.54. The van der Waals surface area contributed by atoms with E-state index in [0.29, 0.717) is 6.42 Å². The van der Waals surface area contributed by atoms with Crippen molar-refractivity contribution in [2.75, 3.05) is 0 Å². The Kier molecular flexibility index (Phi) is 6.97. The lowest BCUT2D eigenvalue weighted by Crippen LogP contribution is -2.39. The Labute approximate surface area is 108 Å². The lowest BCUT2D eigenvalue weighted by Gasteiger charge is -2.28. The number of ketones is 1. The summed E-state index contributed by atoms with van der Waals surface area (Å²) in [7, 11) is 0. The number of thiol groups is 1. The number of hydrogen-bond donors (Lipinski definition) is 3. The first-order valence-electron chi connectivity index (χ1n) is 5.86. The minimum atomic E-state index is -0.951. The molecule has 0 saturated heterocycles. The molecule has 5 atom stereocenters. The molecule has 0 bridgehead atoms. The molecule has 0 rings (SSSR count). The zero-order chi connectivity index (χ0) is 13.7. The monoisotopic (exact) mass is 262 g/mol. The van der Waals surface area contributed by atoms with Crippen LogP contribution in [0.5, 0.6) is 0 Å². The minimum absolute atomic E-state index is 0.340. The number of carbonyl (C=O) groups is 2. The summed E-state index contributed by atoms with van der Waals surface area (Å²) in [5, 5.41) is 19.1. The molecule has 0 aliphatic heterocycles. The fraction of sp³-hybridized carbons (Fsp3) is 0.833. The summed E-state index contributed by atoms with van der Waals surface area (Å²) in [6, 6.07) is 0. The predicted molar refractivity (Wildman–Crippen MR) is 68.8 cm³/mol.